The monoisotopic (exact) mass is 400 g/mol. The molecule has 1 aliphatic rings. The first kappa shape index (κ1) is 18.1. The van der Waals surface area contributed by atoms with E-state index in [2.05, 4.69) is 27.2 Å². The van der Waals surface area contributed by atoms with Crippen molar-refractivity contribution in [3.05, 3.63) is 42.2 Å². The highest BCUT2D eigenvalue weighted by Crippen LogP contribution is 2.29. The number of amides is 1. The first-order chi connectivity index (χ1) is 13.2. The summed E-state index contributed by atoms with van der Waals surface area (Å²) < 4.78 is 6.77. The van der Waals surface area contributed by atoms with Crippen molar-refractivity contribution in [1.29, 1.82) is 0 Å². The van der Waals surface area contributed by atoms with Crippen LogP contribution in [-0.4, -0.2) is 40.2 Å². The van der Waals surface area contributed by atoms with Gasteiger partial charge in [-0.2, -0.15) is 0 Å². The minimum Gasteiger partial charge on any atom is -0.475 e. The van der Waals surface area contributed by atoms with Gasteiger partial charge in [-0.15, -0.1) is 11.8 Å². The van der Waals surface area contributed by atoms with E-state index in [1.54, 1.807) is 18.0 Å². The van der Waals surface area contributed by atoms with Crippen LogP contribution in [0.15, 0.2) is 45.9 Å². The Balaban J connectivity index is 1.30. The second kappa shape index (κ2) is 8.14. The number of ether oxygens (including phenoxy) is 1. The van der Waals surface area contributed by atoms with E-state index in [9.17, 15) is 4.79 Å². The van der Waals surface area contributed by atoms with Crippen LogP contribution in [0, 0.1) is 0 Å². The van der Waals surface area contributed by atoms with Crippen LogP contribution in [0.3, 0.4) is 0 Å². The van der Waals surface area contributed by atoms with Crippen LogP contribution in [0.5, 0.6) is 0 Å². The summed E-state index contributed by atoms with van der Waals surface area (Å²) >= 11 is 3.10. The van der Waals surface area contributed by atoms with Crippen molar-refractivity contribution in [2.45, 2.75) is 30.1 Å². The summed E-state index contributed by atoms with van der Waals surface area (Å²) in [4.78, 5) is 24.3. The number of nitrogens with one attached hydrogen (secondary N) is 2. The average molecular weight is 401 g/mol. The minimum absolute atomic E-state index is 0.0695. The fraction of sp³-hybridized carbons (Fsp3) is 0.316. The second-order valence-corrected chi connectivity index (χ2v) is 8.55. The first-order valence-corrected chi connectivity index (χ1v) is 10.6. The Hall–Kier alpha value is -2.32. The average Bonchev–Trinajstić information content (AvgIpc) is 3.40. The molecule has 0 radical (unpaired) electrons. The number of benzene rings is 1. The molecule has 1 atom stereocenters. The molecule has 1 amide bonds. The number of para-hydroxylation sites is 1. The van der Waals surface area contributed by atoms with E-state index in [-0.39, 0.29) is 12.0 Å². The summed E-state index contributed by atoms with van der Waals surface area (Å²) in [5.74, 6) is 1.42. The van der Waals surface area contributed by atoms with Gasteiger partial charge in [0, 0.05) is 17.1 Å². The predicted molar refractivity (Wildman–Crippen MR) is 111 cm³/mol. The maximum absolute atomic E-state index is 12.4. The van der Waals surface area contributed by atoms with Gasteiger partial charge in [0.15, 0.2) is 11.0 Å². The number of nitrogens with zero attached hydrogens (tertiary/aromatic N) is 2. The molecule has 3 heterocycles. The molecule has 1 aliphatic heterocycles. The Bertz CT molecular complexity index is 979. The summed E-state index contributed by atoms with van der Waals surface area (Å²) in [6, 6.07) is 7.97. The van der Waals surface area contributed by atoms with Gasteiger partial charge in [0.25, 0.3) is 0 Å². The SMILES string of the molecule is CCC1CN=C(CSc2cnc(NC(=O)Cc3c[nH]c4ccccc34)s2)O1. The molecule has 140 valence electrons. The third-order valence-corrected chi connectivity index (χ3v) is 6.42. The quantitative estimate of drug-likeness (QED) is 0.585. The maximum atomic E-state index is 12.4. The number of aromatic amines is 1. The van der Waals surface area contributed by atoms with Crippen LogP contribution in [-0.2, 0) is 16.0 Å². The fourth-order valence-electron chi connectivity index (χ4n) is 2.89. The Morgan fingerprint density at radius 2 is 2.33 bits per heavy atom. The molecule has 2 N–H and O–H groups in total. The zero-order valence-corrected chi connectivity index (χ0v) is 16.5. The highest BCUT2D eigenvalue weighted by Gasteiger charge is 2.18. The van der Waals surface area contributed by atoms with Gasteiger partial charge in [0.05, 0.1) is 29.1 Å². The van der Waals surface area contributed by atoms with E-state index in [1.165, 1.54) is 11.3 Å². The molecule has 27 heavy (non-hydrogen) atoms. The number of aromatic nitrogens is 2. The lowest BCUT2D eigenvalue weighted by molar-refractivity contribution is -0.115. The molecule has 4 rings (SSSR count). The van der Waals surface area contributed by atoms with Crippen molar-refractivity contribution in [3.63, 3.8) is 0 Å². The number of fused-ring (bicyclic) bond motifs is 1. The highest BCUT2D eigenvalue weighted by atomic mass is 32.2. The van der Waals surface area contributed by atoms with Gasteiger partial charge < -0.3 is 15.0 Å². The largest absolute Gasteiger partial charge is 0.475 e. The van der Waals surface area contributed by atoms with E-state index in [0.29, 0.717) is 17.3 Å². The number of carbonyl (C=O) groups is 1. The Morgan fingerprint density at radius 3 is 3.19 bits per heavy atom. The number of carbonyl (C=O) groups excluding carboxylic acids is 1. The number of thioether (sulfide) groups is 1. The van der Waals surface area contributed by atoms with E-state index >= 15 is 0 Å². The Morgan fingerprint density at radius 1 is 1.44 bits per heavy atom. The zero-order chi connectivity index (χ0) is 18.6. The van der Waals surface area contributed by atoms with Crippen LogP contribution in [0.2, 0.25) is 0 Å². The molecule has 2 aromatic heterocycles. The van der Waals surface area contributed by atoms with E-state index < -0.39 is 0 Å². The Kier molecular flexibility index (Phi) is 5.45. The fourth-order valence-corrected chi connectivity index (χ4v) is 4.66. The molecule has 1 aromatic carbocycles. The molecule has 0 spiro atoms. The number of aliphatic imine (C=N–C) groups is 1. The maximum Gasteiger partial charge on any atom is 0.230 e. The van der Waals surface area contributed by atoms with Gasteiger partial charge in [-0.3, -0.25) is 9.79 Å². The normalized spacial score (nSPS) is 16.3. The van der Waals surface area contributed by atoms with Gasteiger partial charge in [-0.1, -0.05) is 36.5 Å². The van der Waals surface area contributed by atoms with Gasteiger partial charge >= 0.3 is 0 Å². The molecule has 3 aromatic rings. The topological polar surface area (TPSA) is 79.4 Å². The molecule has 0 saturated heterocycles. The lowest BCUT2D eigenvalue weighted by atomic mass is 10.1. The molecule has 6 nitrogen and oxygen atoms in total. The van der Waals surface area contributed by atoms with Gasteiger partial charge in [-0.25, -0.2) is 4.98 Å². The third kappa shape index (κ3) is 4.33. The third-order valence-electron chi connectivity index (χ3n) is 4.32. The predicted octanol–water partition coefficient (Wildman–Crippen LogP) is 4.11. The van der Waals surface area contributed by atoms with Crippen LogP contribution >= 0.6 is 23.1 Å². The second-order valence-electron chi connectivity index (χ2n) is 6.24. The smallest absolute Gasteiger partial charge is 0.230 e. The van der Waals surface area contributed by atoms with E-state index in [0.717, 1.165) is 39.5 Å². The van der Waals surface area contributed by atoms with Crippen LogP contribution in [0.25, 0.3) is 10.9 Å². The molecular formula is C19H20N4O2S2. The van der Waals surface area contributed by atoms with Gasteiger partial charge in [0.2, 0.25) is 5.91 Å². The zero-order valence-electron chi connectivity index (χ0n) is 14.9. The molecule has 0 aliphatic carbocycles. The van der Waals surface area contributed by atoms with Crippen LogP contribution < -0.4 is 5.32 Å². The van der Waals surface area contributed by atoms with Gasteiger partial charge in [-0.05, 0) is 18.1 Å². The molecule has 0 saturated carbocycles. The summed E-state index contributed by atoms with van der Waals surface area (Å²) in [5.41, 5.74) is 2.02. The van der Waals surface area contributed by atoms with Crippen LogP contribution in [0.1, 0.15) is 18.9 Å². The highest BCUT2D eigenvalue weighted by molar-refractivity contribution is 8.01. The molecule has 8 heteroatoms. The standard InChI is InChI=1S/C19H20N4O2S2/c1-2-13-9-21-17(25-13)11-26-18-10-22-19(27-18)23-16(24)7-12-8-20-15-6-4-3-5-14(12)15/h3-6,8,10,13,20H,2,7,9,11H2,1H3,(H,22,23,24). The van der Waals surface area contributed by atoms with Crippen molar-refractivity contribution in [2.24, 2.45) is 4.99 Å². The number of H-pyrrole nitrogens is 1. The number of thiazole rings is 1. The Labute approximate surface area is 165 Å². The number of hydrogen-bond donors (Lipinski definition) is 2. The lowest BCUT2D eigenvalue weighted by Crippen LogP contribution is -2.13. The van der Waals surface area contributed by atoms with E-state index in [1.807, 2.05) is 30.5 Å². The molecule has 0 fully saturated rings. The van der Waals surface area contributed by atoms with Crippen molar-refractivity contribution in [3.8, 4) is 0 Å². The van der Waals surface area contributed by atoms with Crippen LogP contribution in [0.4, 0.5) is 5.13 Å². The lowest BCUT2D eigenvalue weighted by Gasteiger charge is -2.07. The van der Waals surface area contributed by atoms with Crippen molar-refractivity contribution >= 4 is 50.9 Å². The van der Waals surface area contributed by atoms with Crippen molar-refractivity contribution in [2.75, 3.05) is 17.6 Å². The first-order valence-electron chi connectivity index (χ1n) is 8.84. The summed E-state index contributed by atoms with van der Waals surface area (Å²) in [6.45, 7) is 2.86. The van der Waals surface area contributed by atoms with Crippen molar-refractivity contribution < 1.29 is 9.53 Å². The number of rotatable bonds is 7. The number of anilines is 1. The number of hydrogen-bond acceptors (Lipinski definition) is 6. The molecule has 0 bridgehead atoms. The van der Waals surface area contributed by atoms with E-state index in [4.69, 9.17) is 4.74 Å². The summed E-state index contributed by atoms with van der Waals surface area (Å²) in [6.07, 6.45) is 5.18. The molecule has 1 unspecified atom stereocenters. The summed E-state index contributed by atoms with van der Waals surface area (Å²) in [5, 5.41) is 4.58. The van der Waals surface area contributed by atoms with Crippen molar-refractivity contribution in [1.82, 2.24) is 9.97 Å². The van der Waals surface area contributed by atoms with Gasteiger partial charge in [0.1, 0.15) is 6.10 Å². The molecular weight excluding hydrogens is 380 g/mol. The minimum atomic E-state index is -0.0695. The summed E-state index contributed by atoms with van der Waals surface area (Å²) in [7, 11) is 0.